The van der Waals surface area contributed by atoms with Crippen LogP contribution < -0.4 is 0 Å². The molecule has 3 aliphatic heterocycles. The van der Waals surface area contributed by atoms with Gasteiger partial charge in [-0.25, -0.2) is 4.79 Å². The minimum absolute atomic E-state index is 0.0403. The number of aliphatic hydroxyl groups excluding tert-OH is 2. The van der Waals surface area contributed by atoms with Crippen molar-refractivity contribution in [3.63, 3.8) is 0 Å². The molecule has 58 heavy (non-hydrogen) atoms. The summed E-state index contributed by atoms with van der Waals surface area (Å²) in [6, 6.07) is -1.17. The Kier molecular flexibility index (Phi) is 17.4. The fourth-order valence-electron chi connectivity index (χ4n) is 9.53. The van der Waals surface area contributed by atoms with Crippen molar-refractivity contribution in [3.8, 4) is 0 Å². The monoisotopic (exact) mass is 819 g/mol. The second-order valence-corrected chi connectivity index (χ2v) is 17.7. The molecule has 1 amide bonds. The Balaban J connectivity index is 1.79. The number of amides is 1. The first-order valence-electron chi connectivity index (χ1n) is 21.1. The summed E-state index contributed by atoms with van der Waals surface area (Å²) in [5, 5.41) is 34.2. The smallest absolute Gasteiger partial charge is 0.329 e. The van der Waals surface area contributed by atoms with Gasteiger partial charge in [-0.3, -0.25) is 19.2 Å². The lowest BCUT2D eigenvalue weighted by atomic mass is 9.81. The Morgan fingerprint density at radius 3 is 2.19 bits per heavy atom. The maximum absolute atomic E-state index is 14.3. The Labute approximate surface area is 344 Å². The number of fused-ring (bicyclic) bond motifs is 3. The number of nitrogens with zero attached hydrogens (tertiary/aromatic N) is 1. The molecule has 3 heterocycles. The second-order valence-electron chi connectivity index (χ2n) is 17.7. The molecule has 1 aliphatic carbocycles. The molecule has 0 spiro atoms. The number of ketones is 3. The average molecular weight is 820 g/mol. The Hall–Kier alpha value is -2.85. The van der Waals surface area contributed by atoms with Crippen LogP contribution in [0.25, 0.3) is 0 Å². The Bertz CT molecular complexity index is 1530. The zero-order valence-corrected chi connectivity index (χ0v) is 36.0. The molecule has 328 valence electrons. The van der Waals surface area contributed by atoms with Crippen molar-refractivity contribution in [1.29, 1.82) is 0 Å². The highest BCUT2D eigenvalue weighted by Gasteiger charge is 2.56. The van der Waals surface area contributed by atoms with Gasteiger partial charge in [0.15, 0.2) is 0 Å². The van der Waals surface area contributed by atoms with E-state index in [-0.39, 0.29) is 61.7 Å². The number of methoxy groups -OCH3 is 3. The van der Waals surface area contributed by atoms with E-state index in [2.05, 4.69) is 0 Å². The Morgan fingerprint density at radius 1 is 0.897 bits per heavy atom. The lowest BCUT2D eigenvalue weighted by molar-refractivity contribution is -0.302. The van der Waals surface area contributed by atoms with Crippen LogP contribution in [0.5, 0.6) is 0 Å². The van der Waals surface area contributed by atoms with Gasteiger partial charge in [0.25, 0.3) is 11.7 Å². The van der Waals surface area contributed by atoms with Gasteiger partial charge in [0.2, 0.25) is 5.79 Å². The van der Waals surface area contributed by atoms with Crippen LogP contribution >= 0.6 is 0 Å². The fraction of sp³-hybridized carbons (Fsp3) is 0.795. The molecule has 4 rings (SSSR count). The number of Topliss-reactive ketones (excluding diaryl/α,β-unsaturated/α-hetero) is 3. The van der Waals surface area contributed by atoms with Crippen molar-refractivity contribution in [2.75, 3.05) is 27.9 Å². The number of hydrogen-bond acceptors (Lipinski definition) is 13. The summed E-state index contributed by atoms with van der Waals surface area (Å²) in [5.74, 6) is -8.63. The van der Waals surface area contributed by atoms with Crippen LogP contribution in [0.4, 0.5) is 0 Å². The third-order valence-electron chi connectivity index (χ3n) is 13.0. The molecule has 0 aromatic carbocycles. The number of cyclic esters (lactones) is 1. The van der Waals surface area contributed by atoms with E-state index in [1.54, 1.807) is 34.0 Å². The number of ether oxygens (including phenoxy) is 5. The summed E-state index contributed by atoms with van der Waals surface area (Å²) in [5.41, 5.74) is 1.46. The van der Waals surface area contributed by atoms with Crippen LogP contribution in [0.15, 0.2) is 23.3 Å². The molecule has 0 radical (unpaired) electrons. The summed E-state index contributed by atoms with van der Waals surface area (Å²) in [7, 11) is 4.55. The van der Waals surface area contributed by atoms with Gasteiger partial charge >= 0.3 is 5.97 Å². The molecule has 2 saturated heterocycles. The molecule has 4 aliphatic rings. The minimum Gasteiger partial charge on any atom is -0.456 e. The summed E-state index contributed by atoms with van der Waals surface area (Å²) in [6.07, 6.45) is 1.97. The largest absolute Gasteiger partial charge is 0.456 e. The van der Waals surface area contributed by atoms with Gasteiger partial charge in [-0.1, -0.05) is 38.5 Å². The van der Waals surface area contributed by atoms with E-state index in [4.69, 9.17) is 23.7 Å². The van der Waals surface area contributed by atoms with Crippen LogP contribution in [0.2, 0.25) is 0 Å². The number of rotatable bonds is 7. The number of carbonyl (C=O) groups excluding carboxylic acids is 5. The van der Waals surface area contributed by atoms with E-state index < -0.39 is 83.9 Å². The van der Waals surface area contributed by atoms with Crippen LogP contribution in [-0.4, -0.2) is 132 Å². The normalized spacial score (nSPS) is 39.6. The van der Waals surface area contributed by atoms with Gasteiger partial charge in [-0.15, -0.1) is 0 Å². The topological polar surface area (TPSA) is 195 Å². The number of aliphatic hydroxyl groups is 3. The SMILES string of the molecule is COC1CC(C=C(C)C2OC(=O)C3CCCCN3C(=O)C(=O)C3(O)OC(C(OC)CC(C)CC(C)=CC(CC(C)=O)C(=O)CC(O)C2C)C(OC)CC3C)CCC1O. The third kappa shape index (κ3) is 11.5. The second kappa shape index (κ2) is 21.1. The van der Waals surface area contributed by atoms with Crippen molar-refractivity contribution in [1.82, 2.24) is 4.90 Å². The van der Waals surface area contributed by atoms with Gasteiger partial charge in [-0.2, -0.15) is 0 Å². The van der Waals surface area contributed by atoms with Crippen LogP contribution in [0.1, 0.15) is 112 Å². The van der Waals surface area contributed by atoms with E-state index in [0.29, 0.717) is 50.5 Å². The third-order valence-corrected chi connectivity index (χ3v) is 13.0. The first-order valence-corrected chi connectivity index (χ1v) is 21.1. The summed E-state index contributed by atoms with van der Waals surface area (Å²) in [6.45, 7) is 10.4. The molecule has 3 fully saturated rings. The van der Waals surface area contributed by atoms with Crippen molar-refractivity contribution < 1.29 is 63.0 Å². The standard InChI is InChI=1S/C44H69NO13/c1-24-16-25(2)18-37(55-8)40-38(56-9)20-27(4)44(53,58-40)41(50)42(51)45-15-11-10-12-32(45)43(52)57-39(26(3)19-30-13-14-33(47)36(22-30)54-7)29(6)34(48)23-35(49)31(17-24)21-28(5)46/h17,19,25,27,29-34,36-40,47-48,53H,10-16,18,20-23H2,1-9H3. The average Bonchev–Trinajstić information content (AvgIpc) is 3.18. The summed E-state index contributed by atoms with van der Waals surface area (Å²) in [4.78, 5) is 70.3. The fourth-order valence-corrected chi connectivity index (χ4v) is 9.53. The summed E-state index contributed by atoms with van der Waals surface area (Å²) >= 11 is 0. The molecule has 14 nitrogen and oxygen atoms in total. The van der Waals surface area contributed by atoms with E-state index in [1.807, 2.05) is 19.9 Å². The van der Waals surface area contributed by atoms with E-state index in [9.17, 15) is 39.3 Å². The molecular weight excluding hydrogens is 750 g/mol. The molecule has 2 bridgehead atoms. The predicted octanol–water partition coefficient (Wildman–Crippen LogP) is 4.04. The van der Waals surface area contributed by atoms with Gasteiger partial charge in [-0.05, 0) is 96.0 Å². The van der Waals surface area contributed by atoms with Crippen molar-refractivity contribution in [2.45, 2.75) is 167 Å². The molecule has 3 N–H and O–H groups in total. The molecule has 0 aromatic heterocycles. The van der Waals surface area contributed by atoms with Gasteiger partial charge < -0.3 is 43.9 Å². The van der Waals surface area contributed by atoms with Crippen LogP contribution in [0.3, 0.4) is 0 Å². The summed E-state index contributed by atoms with van der Waals surface area (Å²) < 4.78 is 29.7. The van der Waals surface area contributed by atoms with Gasteiger partial charge in [0, 0.05) is 58.5 Å². The molecule has 14 unspecified atom stereocenters. The van der Waals surface area contributed by atoms with Gasteiger partial charge in [0.05, 0.1) is 30.5 Å². The van der Waals surface area contributed by atoms with E-state index in [0.717, 1.165) is 10.5 Å². The molecule has 1 saturated carbocycles. The first kappa shape index (κ1) is 47.8. The number of carbonyl (C=O) groups is 5. The molecular formula is C44H69NO13. The van der Waals surface area contributed by atoms with Crippen molar-refractivity contribution in [3.05, 3.63) is 23.3 Å². The van der Waals surface area contributed by atoms with Crippen molar-refractivity contribution in [2.24, 2.45) is 29.6 Å². The number of hydrogen-bond donors (Lipinski definition) is 3. The predicted molar refractivity (Wildman–Crippen MR) is 213 cm³/mol. The zero-order chi connectivity index (χ0) is 43.1. The molecule has 14 heteroatoms. The Morgan fingerprint density at radius 2 is 1.55 bits per heavy atom. The van der Waals surface area contributed by atoms with Crippen LogP contribution in [0, 0.1) is 29.6 Å². The van der Waals surface area contributed by atoms with Gasteiger partial charge in [0.1, 0.15) is 29.8 Å². The highest BCUT2D eigenvalue weighted by atomic mass is 16.7. The molecule has 0 aromatic rings. The minimum atomic E-state index is -2.54. The molecule has 14 atom stereocenters. The first-order chi connectivity index (χ1) is 27.3. The number of esters is 1. The lowest BCUT2D eigenvalue weighted by Crippen LogP contribution is -2.64. The quantitative estimate of drug-likeness (QED) is 0.189. The maximum Gasteiger partial charge on any atom is 0.329 e. The highest BCUT2D eigenvalue weighted by Crippen LogP contribution is 2.39. The highest BCUT2D eigenvalue weighted by molar-refractivity contribution is 6.39. The lowest BCUT2D eigenvalue weighted by Gasteiger charge is -2.47. The number of allylic oxidation sites excluding steroid dienone is 3. The number of piperidine rings is 1. The maximum atomic E-state index is 14.3. The zero-order valence-electron chi connectivity index (χ0n) is 36.0. The van der Waals surface area contributed by atoms with E-state index in [1.165, 1.54) is 21.1 Å². The van der Waals surface area contributed by atoms with Crippen molar-refractivity contribution >= 4 is 29.2 Å². The van der Waals surface area contributed by atoms with Crippen LogP contribution in [-0.2, 0) is 47.7 Å². The van der Waals surface area contributed by atoms with E-state index >= 15 is 0 Å².